The molecule has 0 aromatic heterocycles. The van der Waals surface area contributed by atoms with Crippen LogP contribution in [0.3, 0.4) is 0 Å². The number of quaternary nitrogens is 1. The van der Waals surface area contributed by atoms with Crippen LogP contribution in [0, 0.1) is 0 Å². The Labute approximate surface area is 570 Å². The van der Waals surface area contributed by atoms with Gasteiger partial charge in [0.1, 0.15) is 13.2 Å². The van der Waals surface area contributed by atoms with Gasteiger partial charge in [0, 0.05) is 12.8 Å². The first-order chi connectivity index (χ1) is 45.6. The van der Waals surface area contributed by atoms with Crippen LogP contribution in [0.5, 0.6) is 0 Å². The van der Waals surface area contributed by atoms with Gasteiger partial charge in [-0.25, -0.2) is 0 Å². The molecule has 0 saturated heterocycles. The molecule has 0 heterocycles. The summed E-state index contributed by atoms with van der Waals surface area (Å²) in [5.74, 6) is -2.31. The second-order valence-electron chi connectivity index (χ2n) is 25.1. The Morgan fingerprint density at radius 2 is 0.581 bits per heavy atom. The molecule has 0 amide bonds. The van der Waals surface area contributed by atoms with E-state index < -0.39 is 24.3 Å². The number of aliphatic carboxylic acids is 1. The molecule has 9 heteroatoms. The monoisotopic (exact) mass is 1290 g/mol. The van der Waals surface area contributed by atoms with Crippen LogP contribution in [0.2, 0.25) is 0 Å². The SMILES string of the molecule is CC/C=C\C/C=C\C/C=C\C/C=C\C/C=C\C/C=C\C/C=C\C/C=C\C/C=C\CCCCCCCCCCCC(=O)OC(COC(=O)CCCCCCCCCCCCCC/C=C\C/C=C\C/C=C\C/C=C\C/C=C\C/C=C\CC)COC(OCC[N+](C)(C)C)C(=O)[O-]. The number of rotatable bonds is 66. The highest BCUT2D eigenvalue weighted by atomic mass is 16.7. The van der Waals surface area contributed by atoms with E-state index in [9.17, 15) is 19.5 Å². The second-order valence-corrected chi connectivity index (χ2v) is 25.1. The first kappa shape index (κ1) is 87.4. The van der Waals surface area contributed by atoms with E-state index in [-0.39, 0.29) is 38.6 Å². The molecule has 0 bridgehead atoms. The summed E-state index contributed by atoms with van der Waals surface area (Å²) in [6.07, 6.45) is 107. The van der Waals surface area contributed by atoms with Gasteiger partial charge in [-0.2, -0.15) is 0 Å². The number of nitrogens with zero attached hydrogens (tertiary/aromatic N) is 1. The number of hydrogen-bond donors (Lipinski definition) is 0. The molecule has 0 spiro atoms. The molecule has 0 N–H and O–H groups in total. The van der Waals surface area contributed by atoms with Crippen LogP contribution in [0.15, 0.2) is 182 Å². The number of carbonyl (C=O) groups excluding carboxylic acids is 3. The van der Waals surface area contributed by atoms with Crippen LogP contribution in [0.25, 0.3) is 0 Å². The summed E-state index contributed by atoms with van der Waals surface area (Å²) >= 11 is 0. The lowest BCUT2D eigenvalue weighted by atomic mass is 10.0. The van der Waals surface area contributed by atoms with Crippen molar-refractivity contribution in [2.45, 2.75) is 283 Å². The highest BCUT2D eigenvalue weighted by Gasteiger charge is 2.22. The summed E-state index contributed by atoms with van der Waals surface area (Å²) < 4.78 is 22.8. The van der Waals surface area contributed by atoms with E-state index in [4.69, 9.17) is 18.9 Å². The Morgan fingerprint density at radius 1 is 0.323 bits per heavy atom. The maximum Gasteiger partial charge on any atom is 0.306 e. The minimum Gasteiger partial charge on any atom is -0.545 e. The molecule has 0 aromatic carbocycles. The van der Waals surface area contributed by atoms with Gasteiger partial charge in [0.2, 0.25) is 0 Å². The van der Waals surface area contributed by atoms with Gasteiger partial charge in [0.25, 0.3) is 0 Å². The van der Waals surface area contributed by atoms with E-state index >= 15 is 0 Å². The zero-order valence-corrected chi connectivity index (χ0v) is 59.8. The fraction of sp³-hybridized carbons (Fsp3) is 0.607. The van der Waals surface area contributed by atoms with Crippen LogP contribution in [0.1, 0.15) is 271 Å². The van der Waals surface area contributed by atoms with Crippen molar-refractivity contribution in [3.63, 3.8) is 0 Å². The van der Waals surface area contributed by atoms with Gasteiger partial charge >= 0.3 is 11.9 Å². The number of carbonyl (C=O) groups is 3. The summed E-state index contributed by atoms with van der Waals surface area (Å²) in [5, 5.41) is 11.8. The van der Waals surface area contributed by atoms with E-state index in [0.29, 0.717) is 17.4 Å². The number of hydrogen-bond acceptors (Lipinski definition) is 8. The smallest absolute Gasteiger partial charge is 0.306 e. The molecule has 2 unspecified atom stereocenters. The van der Waals surface area contributed by atoms with Crippen LogP contribution in [-0.2, 0) is 33.3 Å². The largest absolute Gasteiger partial charge is 0.545 e. The topological polar surface area (TPSA) is 111 Å². The summed E-state index contributed by atoms with van der Waals surface area (Å²) in [7, 11) is 5.92. The molecule has 524 valence electrons. The molecule has 0 saturated carbocycles. The quantitative estimate of drug-likeness (QED) is 0.0195. The van der Waals surface area contributed by atoms with Gasteiger partial charge in [-0.15, -0.1) is 0 Å². The first-order valence-corrected chi connectivity index (χ1v) is 36.9. The Hall–Kier alpha value is -5.61. The van der Waals surface area contributed by atoms with Gasteiger partial charge in [-0.3, -0.25) is 9.59 Å². The molecule has 0 aliphatic heterocycles. The van der Waals surface area contributed by atoms with Crippen LogP contribution < -0.4 is 5.11 Å². The van der Waals surface area contributed by atoms with Crippen molar-refractivity contribution in [2.75, 3.05) is 47.5 Å². The lowest BCUT2D eigenvalue weighted by molar-refractivity contribution is -0.870. The molecule has 2 atom stereocenters. The molecule has 9 nitrogen and oxygen atoms in total. The van der Waals surface area contributed by atoms with Crippen LogP contribution in [0.4, 0.5) is 0 Å². The molecule has 0 radical (unpaired) electrons. The fourth-order valence-electron chi connectivity index (χ4n) is 9.59. The molecule has 0 aliphatic rings. The Bertz CT molecular complexity index is 2190. The van der Waals surface area contributed by atoms with Crippen molar-refractivity contribution in [2.24, 2.45) is 0 Å². The highest BCUT2D eigenvalue weighted by Crippen LogP contribution is 2.16. The average Bonchev–Trinajstić information content (AvgIpc) is 3.73. The number of allylic oxidation sites excluding steroid dienone is 30. The van der Waals surface area contributed by atoms with Crippen molar-refractivity contribution in [1.82, 2.24) is 0 Å². The predicted octanol–water partition coefficient (Wildman–Crippen LogP) is 22.2. The minimum absolute atomic E-state index is 0.137. The van der Waals surface area contributed by atoms with Crippen LogP contribution in [-0.4, -0.2) is 82.3 Å². The minimum atomic E-state index is -1.64. The summed E-state index contributed by atoms with van der Waals surface area (Å²) in [6, 6.07) is 0. The lowest BCUT2D eigenvalue weighted by Crippen LogP contribution is -2.44. The number of unbranched alkanes of at least 4 members (excludes halogenated alkanes) is 21. The normalized spacial score (nSPS) is 13.8. The highest BCUT2D eigenvalue weighted by molar-refractivity contribution is 5.70. The van der Waals surface area contributed by atoms with Crippen molar-refractivity contribution >= 4 is 17.9 Å². The van der Waals surface area contributed by atoms with Crippen molar-refractivity contribution in [3.05, 3.63) is 182 Å². The molecule has 93 heavy (non-hydrogen) atoms. The number of likely N-dealkylation sites (N-methyl/N-ethyl adjacent to an activating group) is 1. The molecule has 0 fully saturated rings. The van der Waals surface area contributed by atoms with E-state index in [0.717, 1.165) is 148 Å². The molecule has 0 aromatic rings. The standard InChI is InChI=1S/C84H135NO8/c1-6-8-10-12-14-16-18-20-22-24-26-28-30-32-34-36-38-39-40-41-42-43-45-47-49-51-53-55-57-59-61-63-65-67-69-71-73-75-82(87)93-80(79-92-84(83(88)89)90-77-76-85(3,4)5)78-91-81(86)74-72-70-68-66-64-62-60-58-56-54-52-50-48-46-44-37-35-33-31-29-27-25-23-21-19-17-15-13-11-9-7-2/h8-11,14-17,20-23,26-29,32-35,38-39,41-42,44-47,51,53,80,84H,6-7,12-13,18-19,24-25,30-31,36-37,40,43,48-50,52,54-79H2,1-5H3/b10-8-,11-9-,16-14-,17-15-,22-20-,23-21-,28-26-,29-27-,34-32-,35-33-,39-38-,42-41-,46-44-,47-45-,53-51-. The first-order valence-electron chi connectivity index (χ1n) is 36.9. The maximum absolute atomic E-state index is 13.0. The Balaban J connectivity index is 4.18. The fourth-order valence-corrected chi connectivity index (χ4v) is 9.59. The maximum atomic E-state index is 13.0. The predicted molar refractivity (Wildman–Crippen MR) is 398 cm³/mol. The molecular weight excluding hydrogens is 1150 g/mol. The van der Waals surface area contributed by atoms with Gasteiger partial charge < -0.3 is 33.3 Å². The van der Waals surface area contributed by atoms with Gasteiger partial charge in [0.15, 0.2) is 12.4 Å². The number of carboxylic acids is 1. The Kier molecular flexibility index (Phi) is 67.9. The van der Waals surface area contributed by atoms with Crippen molar-refractivity contribution < 1.29 is 42.9 Å². The van der Waals surface area contributed by atoms with Gasteiger partial charge in [-0.1, -0.05) is 305 Å². The average molecular weight is 1290 g/mol. The van der Waals surface area contributed by atoms with Gasteiger partial charge in [0.05, 0.1) is 40.3 Å². The Morgan fingerprint density at radius 3 is 0.860 bits per heavy atom. The molecule has 0 rings (SSSR count). The van der Waals surface area contributed by atoms with Crippen LogP contribution >= 0.6 is 0 Å². The third-order valence-corrected chi connectivity index (χ3v) is 15.1. The third-order valence-electron chi connectivity index (χ3n) is 15.1. The number of ether oxygens (including phenoxy) is 4. The summed E-state index contributed by atoms with van der Waals surface area (Å²) in [4.78, 5) is 37.6. The van der Waals surface area contributed by atoms with Gasteiger partial charge in [-0.05, 0) is 135 Å². The van der Waals surface area contributed by atoms with Crippen molar-refractivity contribution in [1.29, 1.82) is 0 Å². The molecule has 0 aliphatic carbocycles. The summed E-state index contributed by atoms with van der Waals surface area (Å²) in [5.41, 5.74) is 0. The number of carboxylic acid groups (broad SMARTS) is 1. The zero-order valence-electron chi connectivity index (χ0n) is 59.8. The van der Waals surface area contributed by atoms with E-state index in [1.807, 2.05) is 21.1 Å². The zero-order chi connectivity index (χ0) is 67.5. The van der Waals surface area contributed by atoms with E-state index in [2.05, 4.69) is 196 Å². The molecular formula is C84H135NO8. The summed E-state index contributed by atoms with van der Waals surface area (Å²) in [6.45, 7) is 4.50. The van der Waals surface area contributed by atoms with Crippen molar-refractivity contribution in [3.8, 4) is 0 Å². The van der Waals surface area contributed by atoms with E-state index in [1.54, 1.807) is 0 Å². The lowest BCUT2D eigenvalue weighted by Gasteiger charge is -2.26. The van der Waals surface area contributed by atoms with E-state index in [1.165, 1.54) is 89.9 Å². The number of esters is 2. The third kappa shape index (κ3) is 73.7. The second kappa shape index (κ2) is 72.2.